The van der Waals surface area contributed by atoms with E-state index in [2.05, 4.69) is 10.6 Å². The Bertz CT molecular complexity index is 1510. The minimum absolute atomic E-state index is 0.0184. The van der Waals surface area contributed by atoms with Crippen molar-refractivity contribution >= 4 is 29.1 Å². The third-order valence-corrected chi connectivity index (χ3v) is 7.50. The predicted octanol–water partition coefficient (Wildman–Crippen LogP) is 3.72. The molecule has 194 valence electrons. The molecule has 3 aromatic rings. The summed E-state index contributed by atoms with van der Waals surface area (Å²) in [7, 11) is 0. The zero-order valence-corrected chi connectivity index (χ0v) is 19.4. The lowest BCUT2D eigenvalue weighted by Gasteiger charge is -2.29. The number of carbonyl (C=O) groups is 3. The van der Waals surface area contributed by atoms with E-state index in [9.17, 15) is 37.1 Å². The second-order valence-electron chi connectivity index (χ2n) is 9.64. The Balaban J connectivity index is 1.49. The zero-order valence-electron chi connectivity index (χ0n) is 19.4. The lowest BCUT2D eigenvalue weighted by Crippen LogP contribution is -2.53. The number of carbonyl (C=O) groups excluding carboxylic acids is 3. The molecule has 1 spiro atoms. The van der Waals surface area contributed by atoms with E-state index in [4.69, 9.17) is 0 Å². The van der Waals surface area contributed by atoms with Crippen molar-refractivity contribution in [2.45, 2.75) is 24.2 Å². The molecule has 0 aromatic heterocycles. The molecule has 3 amide bonds. The molecule has 0 radical (unpaired) electrons. The number of alkyl halides is 3. The minimum Gasteiger partial charge on any atom is -0.508 e. The van der Waals surface area contributed by atoms with Gasteiger partial charge in [0.2, 0.25) is 17.7 Å². The van der Waals surface area contributed by atoms with Gasteiger partial charge >= 0.3 is 6.18 Å². The van der Waals surface area contributed by atoms with Gasteiger partial charge in [0.05, 0.1) is 23.1 Å². The Kier molecular flexibility index (Phi) is 5.15. The maximum absolute atomic E-state index is 14.4. The van der Waals surface area contributed by atoms with Crippen LogP contribution in [-0.2, 0) is 32.5 Å². The fourth-order valence-electron chi connectivity index (χ4n) is 5.91. The second-order valence-corrected chi connectivity index (χ2v) is 9.64. The van der Waals surface area contributed by atoms with E-state index in [0.29, 0.717) is 16.5 Å². The number of rotatable bonds is 3. The standard InChI is InChI=1S/C27H19F4N3O4/c28-15-6-9-19-18(12-15)26(25(38)32-19)22-21(20(33-26)10-13-4-7-17(35)8-5-13)23(36)34(24(22)37)16-3-1-2-14(11-16)27(29,30)31/h1-9,11-12,20-22,33,35H,10H2,(H,32,38). The number of phenols is 1. The first-order valence-corrected chi connectivity index (χ1v) is 11.7. The fourth-order valence-corrected chi connectivity index (χ4v) is 5.91. The van der Waals surface area contributed by atoms with Crippen LogP contribution in [-0.4, -0.2) is 28.9 Å². The predicted molar refractivity (Wildman–Crippen MR) is 126 cm³/mol. The number of nitrogens with zero attached hydrogens (tertiary/aromatic N) is 1. The van der Waals surface area contributed by atoms with E-state index in [1.54, 1.807) is 12.1 Å². The van der Waals surface area contributed by atoms with Crippen molar-refractivity contribution in [3.63, 3.8) is 0 Å². The van der Waals surface area contributed by atoms with Gasteiger partial charge in [-0.15, -0.1) is 0 Å². The molecule has 4 atom stereocenters. The van der Waals surface area contributed by atoms with Crippen molar-refractivity contribution in [1.29, 1.82) is 0 Å². The number of imide groups is 1. The molecular formula is C27H19F4N3O4. The topological polar surface area (TPSA) is 98.7 Å². The van der Waals surface area contributed by atoms with Crippen LogP contribution >= 0.6 is 0 Å². The van der Waals surface area contributed by atoms with Gasteiger partial charge in [-0.25, -0.2) is 9.29 Å². The van der Waals surface area contributed by atoms with Gasteiger partial charge in [0, 0.05) is 17.3 Å². The first-order chi connectivity index (χ1) is 18.0. The molecule has 3 aliphatic heterocycles. The third-order valence-electron chi connectivity index (χ3n) is 7.50. The van der Waals surface area contributed by atoms with Crippen molar-refractivity contribution < 1.29 is 37.1 Å². The molecular weight excluding hydrogens is 506 g/mol. The Labute approximate surface area is 213 Å². The first-order valence-electron chi connectivity index (χ1n) is 11.7. The minimum atomic E-state index is -4.70. The van der Waals surface area contributed by atoms with Gasteiger partial charge in [0.15, 0.2) is 0 Å². The lowest BCUT2D eigenvalue weighted by atomic mass is 9.76. The van der Waals surface area contributed by atoms with E-state index in [1.165, 1.54) is 24.3 Å². The normalized spacial score (nSPS) is 26.2. The molecule has 0 bridgehead atoms. The molecule has 38 heavy (non-hydrogen) atoms. The van der Waals surface area contributed by atoms with Gasteiger partial charge < -0.3 is 10.4 Å². The number of fused-ring (bicyclic) bond motifs is 4. The Hall–Kier alpha value is -4.25. The molecule has 6 rings (SSSR count). The van der Waals surface area contributed by atoms with E-state index in [0.717, 1.165) is 24.3 Å². The molecule has 3 aliphatic rings. The summed E-state index contributed by atoms with van der Waals surface area (Å²) in [5.74, 6) is -5.39. The maximum atomic E-state index is 14.4. The number of anilines is 2. The van der Waals surface area contributed by atoms with Crippen LogP contribution in [0.4, 0.5) is 28.9 Å². The van der Waals surface area contributed by atoms with E-state index >= 15 is 0 Å². The number of hydrogen-bond acceptors (Lipinski definition) is 5. The van der Waals surface area contributed by atoms with E-state index < -0.39 is 58.7 Å². The average molecular weight is 525 g/mol. The number of amides is 3. The SMILES string of the molecule is O=C1C2C(Cc3ccc(O)cc3)NC3(C(=O)Nc4ccc(F)cc43)C2C(=O)N1c1cccc(C(F)(F)F)c1. The smallest absolute Gasteiger partial charge is 0.416 e. The van der Waals surface area contributed by atoms with Gasteiger partial charge in [-0.05, 0) is 60.5 Å². The molecule has 3 aromatic carbocycles. The molecule has 4 unspecified atom stereocenters. The summed E-state index contributed by atoms with van der Waals surface area (Å²) in [5, 5.41) is 15.4. The molecule has 11 heteroatoms. The van der Waals surface area contributed by atoms with Gasteiger partial charge in [0.1, 0.15) is 17.1 Å². The molecule has 7 nitrogen and oxygen atoms in total. The quantitative estimate of drug-likeness (QED) is 0.358. The van der Waals surface area contributed by atoms with Crippen LogP contribution in [0.5, 0.6) is 5.75 Å². The van der Waals surface area contributed by atoms with Crippen molar-refractivity contribution in [1.82, 2.24) is 5.32 Å². The molecule has 2 saturated heterocycles. The van der Waals surface area contributed by atoms with Crippen molar-refractivity contribution in [2.75, 3.05) is 10.2 Å². The van der Waals surface area contributed by atoms with Crippen LogP contribution in [0.2, 0.25) is 0 Å². The van der Waals surface area contributed by atoms with Crippen LogP contribution in [0.25, 0.3) is 0 Å². The molecule has 0 saturated carbocycles. The molecule has 3 heterocycles. The van der Waals surface area contributed by atoms with Crippen molar-refractivity contribution in [2.24, 2.45) is 11.8 Å². The Morgan fingerprint density at radius 1 is 0.947 bits per heavy atom. The highest BCUT2D eigenvalue weighted by atomic mass is 19.4. The van der Waals surface area contributed by atoms with Crippen molar-refractivity contribution in [3.8, 4) is 5.75 Å². The van der Waals surface area contributed by atoms with Crippen LogP contribution < -0.4 is 15.5 Å². The summed E-state index contributed by atoms with van der Waals surface area (Å²) in [6.45, 7) is 0. The Morgan fingerprint density at radius 2 is 1.68 bits per heavy atom. The lowest BCUT2D eigenvalue weighted by molar-refractivity contribution is -0.137. The van der Waals surface area contributed by atoms with Crippen LogP contribution in [0.15, 0.2) is 66.7 Å². The summed E-state index contributed by atoms with van der Waals surface area (Å²) >= 11 is 0. The van der Waals surface area contributed by atoms with Crippen LogP contribution in [0.1, 0.15) is 16.7 Å². The van der Waals surface area contributed by atoms with Crippen LogP contribution in [0, 0.1) is 17.7 Å². The third kappa shape index (κ3) is 3.42. The highest BCUT2D eigenvalue weighted by Gasteiger charge is 2.70. The van der Waals surface area contributed by atoms with Gasteiger partial charge in [0.25, 0.3) is 0 Å². The molecule has 0 aliphatic carbocycles. The number of nitrogens with one attached hydrogen (secondary N) is 2. The zero-order chi connectivity index (χ0) is 27.0. The van der Waals surface area contributed by atoms with Gasteiger partial charge in [-0.2, -0.15) is 13.2 Å². The summed E-state index contributed by atoms with van der Waals surface area (Å²) in [6.07, 6.45) is -4.56. The second kappa shape index (κ2) is 8.12. The first kappa shape index (κ1) is 24.1. The number of hydrogen-bond donors (Lipinski definition) is 3. The largest absolute Gasteiger partial charge is 0.508 e. The summed E-state index contributed by atoms with van der Waals surface area (Å²) in [5.41, 5.74) is -2.02. The molecule has 2 fully saturated rings. The highest BCUT2D eigenvalue weighted by Crippen LogP contribution is 2.54. The maximum Gasteiger partial charge on any atom is 0.416 e. The fraction of sp³-hybridized carbons (Fsp3) is 0.222. The average Bonchev–Trinajstić information content (AvgIpc) is 3.44. The number of phenolic OH excluding ortho intramolecular Hbond substituents is 1. The highest BCUT2D eigenvalue weighted by molar-refractivity contribution is 6.25. The van der Waals surface area contributed by atoms with Crippen molar-refractivity contribution in [3.05, 3.63) is 89.2 Å². The number of aromatic hydroxyl groups is 1. The number of benzene rings is 3. The van der Waals surface area contributed by atoms with Gasteiger partial charge in [-0.1, -0.05) is 18.2 Å². The summed E-state index contributed by atoms with van der Waals surface area (Å²) in [4.78, 5) is 41.8. The van der Waals surface area contributed by atoms with E-state index in [1.807, 2.05) is 0 Å². The Morgan fingerprint density at radius 3 is 2.39 bits per heavy atom. The summed E-state index contributed by atoms with van der Waals surface area (Å²) in [6, 6.07) is 12.8. The number of halogens is 4. The van der Waals surface area contributed by atoms with E-state index in [-0.39, 0.29) is 29.1 Å². The van der Waals surface area contributed by atoms with Crippen LogP contribution in [0.3, 0.4) is 0 Å². The monoisotopic (exact) mass is 525 g/mol. The van der Waals surface area contributed by atoms with Gasteiger partial charge in [-0.3, -0.25) is 19.7 Å². The summed E-state index contributed by atoms with van der Waals surface area (Å²) < 4.78 is 54.6. The molecule has 3 N–H and O–H groups in total.